The van der Waals surface area contributed by atoms with Gasteiger partial charge in [-0.15, -0.1) is 0 Å². The van der Waals surface area contributed by atoms with Crippen LogP contribution in [0.15, 0.2) is 60.7 Å². The third-order valence-electron chi connectivity index (χ3n) is 2.90. The van der Waals surface area contributed by atoms with Crippen molar-refractivity contribution < 1.29 is 0 Å². The van der Waals surface area contributed by atoms with Crippen LogP contribution in [0.25, 0.3) is 0 Å². The van der Waals surface area contributed by atoms with Crippen LogP contribution in [0.5, 0.6) is 0 Å². The molecule has 0 saturated heterocycles. The van der Waals surface area contributed by atoms with Crippen LogP contribution < -0.4 is 8.92 Å². The van der Waals surface area contributed by atoms with E-state index < -0.39 is 0 Å². The molecule has 0 aliphatic rings. The van der Waals surface area contributed by atoms with Crippen LogP contribution in [0.4, 0.5) is 0 Å². The van der Waals surface area contributed by atoms with E-state index in [-0.39, 0.29) is 21.1 Å². The zero-order valence-corrected chi connectivity index (χ0v) is 20.6. The van der Waals surface area contributed by atoms with Crippen LogP contribution in [-0.2, 0) is 0 Å². The fourth-order valence-corrected chi connectivity index (χ4v) is 6.39. The normalized spacial score (nSPS) is 9.13. The number of rotatable bonds is 6. The van der Waals surface area contributed by atoms with Crippen LogP contribution >= 0.6 is 0 Å². The van der Waals surface area contributed by atoms with Crippen LogP contribution in [0, 0.1) is 0 Å². The molecule has 0 unspecified atom stereocenters. The fourth-order valence-electron chi connectivity index (χ4n) is 1.57. The Labute approximate surface area is 170 Å². The Hall–Kier alpha value is 0.278. The molecule has 0 N–H and O–H groups in total. The van der Waals surface area contributed by atoms with Crippen molar-refractivity contribution in [1.29, 1.82) is 0 Å². The fraction of sp³-hybridized carbons (Fsp3) is 0.400. The van der Waals surface area contributed by atoms with Gasteiger partial charge in [0.05, 0.1) is 0 Å². The zero-order valence-electron chi connectivity index (χ0n) is 14.3. The minimum absolute atomic E-state index is 0.149. The first kappa shape index (κ1) is 23.3. The van der Waals surface area contributed by atoms with Crippen molar-refractivity contribution in [2.45, 2.75) is 48.4 Å². The Balaban J connectivity index is 0.000000318. The molecule has 0 atom stereocenters. The second kappa shape index (κ2) is 18.6. The molecule has 0 aliphatic heterocycles. The van der Waals surface area contributed by atoms with Crippen molar-refractivity contribution in [2.75, 3.05) is 0 Å². The van der Waals surface area contributed by atoms with Gasteiger partial charge in [0.2, 0.25) is 0 Å². The summed E-state index contributed by atoms with van der Waals surface area (Å²) in [5, 5.41) is 0. The third kappa shape index (κ3) is 18.5. The molecule has 0 amide bonds. The molecular formula is C20H28Se2Sn. The van der Waals surface area contributed by atoms with Crippen LogP contribution in [0.3, 0.4) is 0 Å². The maximum atomic E-state index is 2.90. The average Bonchev–Trinajstić information content (AvgIpc) is 2.57. The molecule has 0 spiro atoms. The van der Waals surface area contributed by atoms with Crippen molar-refractivity contribution in [3.05, 3.63) is 60.7 Å². The maximum absolute atomic E-state index is 2.90. The summed E-state index contributed by atoms with van der Waals surface area (Å²) in [7, 11) is 0. The van der Waals surface area contributed by atoms with Crippen LogP contribution in [0.2, 0.25) is 8.87 Å². The first-order chi connectivity index (χ1) is 11.2. The van der Waals surface area contributed by atoms with Crippen molar-refractivity contribution in [3.8, 4) is 0 Å². The number of hydrogen-bond acceptors (Lipinski definition) is 0. The van der Waals surface area contributed by atoms with Gasteiger partial charge in [-0.3, -0.25) is 0 Å². The third-order valence-corrected chi connectivity index (χ3v) is 8.08. The predicted molar refractivity (Wildman–Crippen MR) is 109 cm³/mol. The summed E-state index contributed by atoms with van der Waals surface area (Å²) < 4.78 is 5.64. The molecule has 0 aliphatic carbocycles. The Bertz CT molecular complexity index is 402. The van der Waals surface area contributed by atoms with E-state index in [1.165, 1.54) is 34.6 Å². The van der Waals surface area contributed by atoms with Crippen molar-refractivity contribution in [3.63, 3.8) is 0 Å². The topological polar surface area (TPSA) is 0 Å². The van der Waals surface area contributed by atoms with Gasteiger partial charge in [-0.2, -0.15) is 0 Å². The molecule has 0 fully saturated rings. The van der Waals surface area contributed by atoms with E-state index in [9.17, 15) is 0 Å². The Morgan fingerprint density at radius 2 is 1.00 bits per heavy atom. The molecule has 2 rings (SSSR count). The molecule has 3 heteroatoms. The standard InChI is InChI=1S/2C6H5Se.2C4H9.Sn/c2*7-6-4-2-1-3-5-6;2*1-3-4-2;/h2*1-5H;2*1,3-4H2,2H3;. The molecule has 2 aromatic rings. The van der Waals surface area contributed by atoms with Gasteiger partial charge < -0.3 is 0 Å². The van der Waals surface area contributed by atoms with E-state index >= 15 is 0 Å². The van der Waals surface area contributed by atoms with Crippen LogP contribution in [-0.4, -0.2) is 53.2 Å². The van der Waals surface area contributed by atoms with E-state index in [4.69, 9.17) is 0 Å². The molecule has 23 heavy (non-hydrogen) atoms. The van der Waals surface area contributed by atoms with Gasteiger partial charge in [0.15, 0.2) is 0 Å². The van der Waals surface area contributed by atoms with Gasteiger partial charge in [0.25, 0.3) is 0 Å². The summed E-state index contributed by atoms with van der Waals surface area (Å²) >= 11 is 5.95. The zero-order chi connectivity index (χ0) is 17.2. The van der Waals surface area contributed by atoms with Gasteiger partial charge in [-0.1, -0.05) is 0 Å². The molecule has 0 heterocycles. The van der Waals surface area contributed by atoms with Gasteiger partial charge in [-0.25, -0.2) is 0 Å². The Kier molecular flexibility index (Phi) is 18.8. The second-order valence-corrected chi connectivity index (χ2v) is 11.3. The summed E-state index contributed by atoms with van der Waals surface area (Å²) in [6.07, 6.45) is 5.84. The number of unbranched alkanes of at least 4 members (excludes halogenated alkanes) is 2. The summed E-state index contributed by atoms with van der Waals surface area (Å²) in [6.45, 7) is 4.58. The summed E-state index contributed by atoms with van der Waals surface area (Å²) in [5.74, 6) is 0. The van der Waals surface area contributed by atoms with E-state index in [1.54, 1.807) is 8.87 Å². The molecule has 0 bridgehead atoms. The van der Waals surface area contributed by atoms with Gasteiger partial charge in [0, 0.05) is 0 Å². The predicted octanol–water partition coefficient (Wildman–Crippen LogP) is 4.09. The molecular weight excluding hydrogens is 517 g/mol. The second-order valence-electron chi connectivity index (χ2n) is 5.08. The van der Waals surface area contributed by atoms with E-state index in [2.05, 4.69) is 45.9 Å². The molecule has 0 aromatic heterocycles. The molecule has 124 valence electrons. The summed E-state index contributed by atoms with van der Waals surface area (Å²) in [4.78, 5) is 0. The van der Waals surface area contributed by atoms with Crippen LogP contribution in [0.1, 0.15) is 39.5 Å². The van der Waals surface area contributed by atoms with Crippen molar-refractivity contribution in [1.82, 2.24) is 0 Å². The first-order valence-electron chi connectivity index (χ1n) is 8.35. The van der Waals surface area contributed by atoms with Gasteiger partial charge in [-0.05, 0) is 0 Å². The van der Waals surface area contributed by atoms with E-state index in [0.29, 0.717) is 0 Å². The SMILES string of the molecule is CCC[CH2][Sn][CH2]CCC.[Se]c1ccccc1.[Se]c1ccccc1. The van der Waals surface area contributed by atoms with E-state index in [1.807, 2.05) is 60.7 Å². The monoisotopic (exact) mass is 548 g/mol. The quantitative estimate of drug-likeness (QED) is 0.380. The minimum atomic E-state index is 0.149. The molecule has 4 radical (unpaired) electrons. The van der Waals surface area contributed by atoms with Gasteiger partial charge in [0.1, 0.15) is 0 Å². The Morgan fingerprint density at radius 3 is 1.22 bits per heavy atom. The van der Waals surface area contributed by atoms with Crippen molar-refractivity contribution in [2.24, 2.45) is 0 Å². The van der Waals surface area contributed by atoms with Crippen molar-refractivity contribution >= 4 is 62.1 Å². The summed E-state index contributed by atoms with van der Waals surface area (Å²) in [5.41, 5.74) is 0. The Morgan fingerprint density at radius 1 is 0.652 bits per heavy atom. The summed E-state index contributed by atoms with van der Waals surface area (Å²) in [6, 6.07) is 20.1. The molecule has 2 aromatic carbocycles. The van der Waals surface area contributed by atoms with Gasteiger partial charge >= 0.3 is 171 Å². The molecule has 0 saturated carbocycles. The average molecular weight is 545 g/mol. The number of benzene rings is 2. The van der Waals surface area contributed by atoms with E-state index in [0.717, 1.165) is 0 Å². The number of hydrogen-bond donors (Lipinski definition) is 0. The molecule has 0 nitrogen and oxygen atoms in total. The first-order valence-corrected chi connectivity index (χ1v) is 14.1.